The van der Waals surface area contributed by atoms with Gasteiger partial charge in [0.15, 0.2) is 11.6 Å². The molecular formula is C27H26FN5O4S. The van der Waals surface area contributed by atoms with Crippen LogP contribution < -0.4 is 15.0 Å². The number of pyridine rings is 1. The number of amides is 3. The van der Waals surface area contributed by atoms with E-state index in [1.807, 2.05) is 6.07 Å². The van der Waals surface area contributed by atoms with E-state index in [9.17, 15) is 18.8 Å². The fraction of sp³-hybridized carbons (Fsp3) is 0.185. The van der Waals surface area contributed by atoms with Crippen molar-refractivity contribution in [2.24, 2.45) is 0 Å². The van der Waals surface area contributed by atoms with Crippen LogP contribution in [0, 0.1) is 5.82 Å². The number of hydrogen-bond acceptors (Lipinski definition) is 7. The van der Waals surface area contributed by atoms with Gasteiger partial charge in [0.25, 0.3) is 5.91 Å². The average molecular weight is 536 g/mol. The largest absolute Gasteiger partial charge is 0.453 e. The monoisotopic (exact) mass is 535 g/mol. The van der Waals surface area contributed by atoms with Crippen molar-refractivity contribution >= 4 is 50.6 Å². The Morgan fingerprint density at radius 2 is 1.71 bits per heavy atom. The smallest absolute Gasteiger partial charge is 0.278 e. The van der Waals surface area contributed by atoms with Gasteiger partial charge < -0.3 is 15.0 Å². The van der Waals surface area contributed by atoms with E-state index in [4.69, 9.17) is 4.74 Å². The first-order chi connectivity index (χ1) is 18.1. The number of benzene rings is 2. The van der Waals surface area contributed by atoms with Crippen LogP contribution in [0.1, 0.15) is 16.1 Å². The zero-order valence-corrected chi connectivity index (χ0v) is 22.1. The molecule has 2 heterocycles. The molecule has 0 saturated heterocycles. The van der Waals surface area contributed by atoms with Crippen LogP contribution in [0.2, 0.25) is 0 Å². The number of ether oxygens (including phenoxy) is 1. The van der Waals surface area contributed by atoms with Gasteiger partial charge in [-0.25, -0.2) is 9.40 Å². The summed E-state index contributed by atoms with van der Waals surface area (Å²) in [5.41, 5.74) is 1.40. The Hall–Kier alpha value is -4.35. The molecule has 11 heteroatoms. The lowest BCUT2D eigenvalue weighted by molar-refractivity contribution is -0.125. The lowest BCUT2D eigenvalue weighted by Gasteiger charge is -2.23. The van der Waals surface area contributed by atoms with E-state index in [-0.39, 0.29) is 17.3 Å². The van der Waals surface area contributed by atoms with E-state index >= 15 is 0 Å². The highest BCUT2D eigenvalue weighted by atomic mass is 32.1. The van der Waals surface area contributed by atoms with Gasteiger partial charge in [-0.1, -0.05) is 18.2 Å². The number of nitrogens with zero attached hydrogens (tertiary/aromatic N) is 4. The number of para-hydroxylation sites is 1. The number of carbonyl (C=O) groups is 3. The molecule has 1 N–H and O–H groups in total. The van der Waals surface area contributed by atoms with Gasteiger partial charge in [0.1, 0.15) is 12.2 Å². The Balaban J connectivity index is 1.44. The van der Waals surface area contributed by atoms with E-state index < -0.39 is 24.1 Å². The van der Waals surface area contributed by atoms with E-state index in [1.54, 1.807) is 69.6 Å². The van der Waals surface area contributed by atoms with Crippen molar-refractivity contribution in [2.45, 2.75) is 6.42 Å². The fourth-order valence-corrected chi connectivity index (χ4v) is 4.51. The molecule has 2 aromatic heterocycles. The molecule has 4 rings (SSSR count). The standard InChI is InChI=1S/C27H26FN5O4S/c1-31(2)33(4)27(36)23-15-20-26(38-23)22(12-13-29-20)37-21-11-10-17(14-19(21)28)30-24(34)16-25(35)32(3)18-8-6-5-7-9-18/h5-15H,16H2,1-4H3,(H,30,34). The minimum absolute atomic E-state index is 0.0675. The van der Waals surface area contributed by atoms with E-state index in [0.717, 1.165) is 6.07 Å². The molecule has 2 aromatic carbocycles. The van der Waals surface area contributed by atoms with Crippen LogP contribution in [-0.4, -0.2) is 60.9 Å². The number of nitrogens with one attached hydrogen (secondary N) is 1. The fourth-order valence-electron chi connectivity index (χ4n) is 3.48. The van der Waals surface area contributed by atoms with Crippen molar-refractivity contribution < 1.29 is 23.5 Å². The highest BCUT2D eigenvalue weighted by Gasteiger charge is 2.20. The average Bonchev–Trinajstić information content (AvgIpc) is 3.34. The molecule has 9 nitrogen and oxygen atoms in total. The van der Waals surface area contributed by atoms with Crippen LogP contribution in [0.15, 0.2) is 66.9 Å². The number of hydrogen-bond donors (Lipinski definition) is 1. The summed E-state index contributed by atoms with van der Waals surface area (Å²) < 4.78 is 21.3. The molecule has 0 spiro atoms. The van der Waals surface area contributed by atoms with Gasteiger partial charge in [0, 0.05) is 57.9 Å². The molecular weight excluding hydrogens is 509 g/mol. The molecule has 0 fully saturated rings. The maximum Gasteiger partial charge on any atom is 0.278 e. The predicted octanol–water partition coefficient (Wildman–Crippen LogP) is 4.77. The third-order valence-corrected chi connectivity index (χ3v) is 6.87. The zero-order chi connectivity index (χ0) is 27.4. The first kappa shape index (κ1) is 26.7. The number of hydrazine groups is 1. The number of carbonyl (C=O) groups excluding carboxylic acids is 3. The highest BCUT2D eigenvalue weighted by Crippen LogP contribution is 2.36. The number of fused-ring (bicyclic) bond motifs is 1. The van der Waals surface area contributed by atoms with E-state index in [1.165, 1.54) is 39.6 Å². The summed E-state index contributed by atoms with van der Waals surface area (Å²) in [5.74, 6) is -1.61. The summed E-state index contributed by atoms with van der Waals surface area (Å²) in [6.45, 7) is 0. The molecule has 196 valence electrons. The Morgan fingerprint density at radius 1 is 0.974 bits per heavy atom. The Morgan fingerprint density at radius 3 is 2.39 bits per heavy atom. The minimum Gasteiger partial charge on any atom is -0.453 e. The van der Waals surface area contributed by atoms with Crippen LogP contribution in [0.25, 0.3) is 10.2 Å². The summed E-state index contributed by atoms with van der Waals surface area (Å²) in [5, 5.41) is 5.66. The molecule has 4 aromatic rings. The van der Waals surface area contributed by atoms with Gasteiger partial charge in [-0.15, -0.1) is 11.3 Å². The molecule has 38 heavy (non-hydrogen) atoms. The second-order valence-corrected chi connectivity index (χ2v) is 9.62. The quantitative estimate of drug-likeness (QED) is 0.258. The van der Waals surface area contributed by atoms with E-state index in [0.29, 0.717) is 26.5 Å². The summed E-state index contributed by atoms with van der Waals surface area (Å²) in [4.78, 5) is 43.6. The molecule has 0 aliphatic carbocycles. The topological polar surface area (TPSA) is 95.1 Å². The SMILES string of the molecule is CN(C(=O)CC(=O)Nc1ccc(Oc2ccnc3cc(C(=O)N(C)N(C)C)sc23)c(F)c1)c1ccccc1. The van der Waals surface area contributed by atoms with Crippen molar-refractivity contribution in [1.29, 1.82) is 0 Å². The van der Waals surface area contributed by atoms with E-state index in [2.05, 4.69) is 10.3 Å². The second kappa shape index (κ2) is 11.4. The number of thiophene rings is 1. The maximum absolute atomic E-state index is 14.9. The number of aromatic nitrogens is 1. The Bertz CT molecular complexity index is 1490. The van der Waals surface area contributed by atoms with Crippen LogP contribution in [0.5, 0.6) is 11.5 Å². The Labute approximate surface area is 223 Å². The zero-order valence-electron chi connectivity index (χ0n) is 21.3. The summed E-state index contributed by atoms with van der Waals surface area (Å²) >= 11 is 1.20. The maximum atomic E-state index is 14.9. The van der Waals surface area contributed by atoms with Gasteiger partial charge in [0.05, 0.1) is 15.1 Å². The molecule has 0 radical (unpaired) electrons. The van der Waals surface area contributed by atoms with Crippen LogP contribution in [0.3, 0.4) is 0 Å². The van der Waals surface area contributed by atoms with Gasteiger partial charge in [-0.2, -0.15) is 0 Å². The van der Waals surface area contributed by atoms with Crippen molar-refractivity contribution in [3.05, 3.63) is 77.6 Å². The molecule has 0 atom stereocenters. The van der Waals surface area contributed by atoms with Crippen LogP contribution in [-0.2, 0) is 9.59 Å². The molecule has 0 aliphatic rings. The first-order valence-electron chi connectivity index (χ1n) is 11.6. The van der Waals surface area contributed by atoms with Gasteiger partial charge >= 0.3 is 0 Å². The normalized spacial score (nSPS) is 10.9. The van der Waals surface area contributed by atoms with Crippen LogP contribution >= 0.6 is 11.3 Å². The van der Waals surface area contributed by atoms with Crippen LogP contribution in [0.4, 0.5) is 15.8 Å². The number of rotatable bonds is 8. The predicted molar refractivity (Wildman–Crippen MR) is 145 cm³/mol. The number of halogens is 1. The lowest BCUT2D eigenvalue weighted by atomic mass is 10.2. The summed E-state index contributed by atoms with van der Waals surface area (Å²) in [6, 6.07) is 16.2. The van der Waals surface area contributed by atoms with Gasteiger partial charge in [0.2, 0.25) is 11.8 Å². The molecule has 0 unspecified atom stereocenters. The molecule has 3 amide bonds. The van der Waals surface area contributed by atoms with Crippen molar-refractivity contribution in [1.82, 2.24) is 15.0 Å². The summed E-state index contributed by atoms with van der Waals surface area (Å²) in [6.07, 6.45) is 1.12. The van der Waals surface area contributed by atoms with Gasteiger partial charge in [-0.05, 0) is 30.3 Å². The first-order valence-corrected chi connectivity index (χ1v) is 12.4. The van der Waals surface area contributed by atoms with Crippen molar-refractivity contribution in [3.8, 4) is 11.5 Å². The summed E-state index contributed by atoms with van der Waals surface area (Å²) in [7, 11) is 6.76. The molecule has 0 saturated carbocycles. The highest BCUT2D eigenvalue weighted by molar-refractivity contribution is 7.21. The number of anilines is 2. The third-order valence-electron chi connectivity index (χ3n) is 5.75. The van der Waals surface area contributed by atoms with Gasteiger partial charge in [-0.3, -0.25) is 24.4 Å². The second-order valence-electron chi connectivity index (χ2n) is 8.57. The Kier molecular flexibility index (Phi) is 7.99. The minimum atomic E-state index is -0.708. The van der Waals surface area contributed by atoms with Crippen molar-refractivity contribution in [2.75, 3.05) is 38.4 Å². The third kappa shape index (κ3) is 5.96. The molecule has 0 bridgehead atoms. The van der Waals surface area contributed by atoms with Crippen molar-refractivity contribution in [3.63, 3.8) is 0 Å². The molecule has 0 aliphatic heterocycles. The lowest BCUT2D eigenvalue weighted by Crippen LogP contribution is -2.38.